The number of hydrogen-bond donors (Lipinski definition) is 3. The van der Waals surface area contributed by atoms with Gasteiger partial charge in [-0.1, -0.05) is 31.2 Å². The minimum Gasteiger partial charge on any atom is -0.479 e. The van der Waals surface area contributed by atoms with Crippen molar-refractivity contribution in [2.45, 2.75) is 51.4 Å². The first-order valence-corrected chi connectivity index (χ1v) is 8.90. The number of nitrogens with zero attached hydrogens (tertiary/aromatic N) is 2. The number of aliphatic carboxylic acids is 1. The lowest BCUT2D eigenvalue weighted by atomic mass is 9.84. The number of ether oxygens (including phenoxy) is 1. The molecule has 2 atom stereocenters. The molecule has 0 bridgehead atoms. The van der Waals surface area contributed by atoms with Crippen molar-refractivity contribution in [3.05, 3.63) is 48.4 Å². The Bertz CT molecular complexity index is 818. The van der Waals surface area contributed by atoms with Gasteiger partial charge in [-0.3, -0.25) is 0 Å². The fourth-order valence-electron chi connectivity index (χ4n) is 2.78. The summed E-state index contributed by atoms with van der Waals surface area (Å²) < 4.78 is 5.19. The number of carbonyl (C=O) groups is 2. The molecule has 0 saturated heterocycles. The number of carboxylic acid groups (broad SMARTS) is 1. The number of rotatable bonds is 6. The van der Waals surface area contributed by atoms with Crippen molar-refractivity contribution in [1.29, 1.82) is 0 Å². The molecule has 2 aromatic rings. The predicted octanol–water partition coefficient (Wildman–Crippen LogP) is 2.72. The summed E-state index contributed by atoms with van der Waals surface area (Å²) in [4.78, 5) is 32.1. The molecule has 1 aromatic heterocycles. The van der Waals surface area contributed by atoms with Crippen LogP contribution in [0.15, 0.2) is 42.9 Å². The second-order valence-electron chi connectivity index (χ2n) is 7.35. The van der Waals surface area contributed by atoms with Crippen molar-refractivity contribution < 1.29 is 24.5 Å². The SMILES string of the molecule is CCC(NC(=O)OC(C)(C)C)[C@@](O)(C(=O)O)c1ccc(-c2ccncn2)cc1. The van der Waals surface area contributed by atoms with Gasteiger partial charge in [0.1, 0.15) is 11.9 Å². The van der Waals surface area contributed by atoms with Crippen LogP contribution in [-0.4, -0.2) is 43.9 Å². The summed E-state index contributed by atoms with van der Waals surface area (Å²) >= 11 is 0. The smallest absolute Gasteiger partial charge is 0.407 e. The largest absolute Gasteiger partial charge is 0.479 e. The number of amides is 1. The lowest BCUT2D eigenvalue weighted by Gasteiger charge is -2.33. The molecule has 1 aromatic carbocycles. The summed E-state index contributed by atoms with van der Waals surface area (Å²) in [7, 11) is 0. The van der Waals surface area contributed by atoms with Gasteiger partial charge in [-0.25, -0.2) is 19.6 Å². The lowest BCUT2D eigenvalue weighted by molar-refractivity contribution is -0.163. The maximum Gasteiger partial charge on any atom is 0.407 e. The summed E-state index contributed by atoms with van der Waals surface area (Å²) in [6.07, 6.45) is 2.39. The predicted molar refractivity (Wildman–Crippen MR) is 102 cm³/mol. The van der Waals surface area contributed by atoms with E-state index >= 15 is 0 Å². The van der Waals surface area contributed by atoms with E-state index in [1.165, 1.54) is 18.5 Å². The Labute approximate surface area is 163 Å². The van der Waals surface area contributed by atoms with Crippen molar-refractivity contribution in [3.8, 4) is 11.3 Å². The molecular weight excluding hydrogens is 362 g/mol. The number of nitrogens with one attached hydrogen (secondary N) is 1. The van der Waals surface area contributed by atoms with Gasteiger partial charge in [0.2, 0.25) is 5.60 Å². The monoisotopic (exact) mass is 387 g/mol. The molecular formula is C20H25N3O5. The second kappa shape index (κ2) is 8.35. The Kier molecular flexibility index (Phi) is 6.35. The van der Waals surface area contributed by atoms with Gasteiger partial charge in [-0.05, 0) is 38.8 Å². The third kappa shape index (κ3) is 4.83. The van der Waals surface area contributed by atoms with Crippen LogP contribution in [0.4, 0.5) is 4.79 Å². The second-order valence-corrected chi connectivity index (χ2v) is 7.35. The number of carboxylic acids is 1. The molecule has 0 aliphatic rings. The zero-order valence-electron chi connectivity index (χ0n) is 16.3. The van der Waals surface area contributed by atoms with E-state index in [9.17, 15) is 19.8 Å². The zero-order chi connectivity index (χ0) is 20.9. The Morgan fingerprint density at radius 1 is 1.18 bits per heavy atom. The maximum atomic E-state index is 12.1. The summed E-state index contributed by atoms with van der Waals surface area (Å²) in [6, 6.07) is 6.95. The molecule has 0 fully saturated rings. The normalized spacial score (nSPS) is 14.6. The van der Waals surface area contributed by atoms with Crippen LogP contribution in [0.2, 0.25) is 0 Å². The van der Waals surface area contributed by atoms with Crippen LogP contribution in [0.1, 0.15) is 39.7 Å². The van der Waals surface area contributed by atoms with E-state index in [2.05, 4.69) is 15.3 Å². The molecule has 8 nitrogen and oxygen atoms in total. The first-order chi connectivity index (χ1) is 13.1. The van der Waals surface area contributed by atoms with Gasteiger partial charge in [-0.2, -0.15) is 0 Å². The molecule has 8 heteroatoms. The van der Waals surface area contributed by atoms with Crippen LogP contribution in [0.5, 0.6) is 0 Å². The van der Waals surface area contributed by atoms with E-state index in [0.29, 0.717) is 5.69 Å². The molecule has 2 rings (SSSR count). The fourth-order valence-corrected chi connectivity index (χ4v) is 2.78. The van der Waals surface area contributed by atoms with Crippen LogP contribution in [0.25, 0.3) is 11.3 Å². The van der Waals surface area contributed by atoms with E-state index in [0.717, 1.165) is 5.56 Å². The van der Waals surface area contributed by atoms with Crippen molar-refractivity contribution in [1.82, 2.24) is 15.3 Å². The third-order valence-corrected chi connectivity index (χ3v) is 4.13. The first kappa shape index (κ1) is 21.3. The lowest BCUT2D eigenvalue weighted by Crippen LogP contribution is -2.55. The molecule has 0 saturated carbocycles. The van der Waals surface area contributed by atoms with E-state index in [1.807, 2.05) is 0 Å². The fraction of sp³-hybridized carbons (Fsp3) is 0.400. The Morgan fingerprint density at radius 2 is 1.82 bits per heavy atom. The highest BCUT2D eigenvalue weighted by molar-refractivity contribution is 5.82. The molecule has 0 aliphatic carbocycles. The van der Waals surface area contributed by atoms with Crippen molar-refractivity contribution >= 4 is 12.1 Å². The number of benzene rings is 1. The average molecular weight is 387 g/mol. The van der Waals surface area contributed by atoms with Gasteiger partial charge in [0.05, 0.1) is 11.7 Å². The summed E-state index contributed by atoms with van der Waals surface area (Å²) in [5.41, 5.74) is -1.52. The number of alkyl carbamates (subject to hydrolysis) is 1. The van der Waals surface area contributed by atoms with Crippen LogP contribution in [0.3, 0.4) is 0 Å². The van der Waals surface area contributed by atoms with Crippen molar-refractivity contribution in [3.63, 3.8) is 0 Å². The number of aromatic nitrogens is 2. The quantitative estimate of drug-likeness (QED) is 0.696. The van der Waals surface area contributed by atoms with Gasteiger partial charge in [-0.15, -0.1) is 0 Å². The highest BCUT2D eigenvalue weighted by atomic mass is 16.6. The van der Waals surface area contributed by atoms with Crippen LogP contribution in [-0.2, 0) is 15.1 Å². The van der Waals surface area contributed by atoms with Gasteiger partial charge in [0.25, 0.3) is 0 Å². The zero-order valence-corrected chi connectivity index (χ0v) is 16.3. The van der Waals surface area contributed by atoms with Gasteiger partial charge >= 0.3 is 12.1 Å². The minimum absolute atomic E-state index is 0.140. The van der Waals surface area contributed by atoms with E-state index in [-0.39, 0.29) is 12.0 Å². The van der Waals surface area contributed by atoms with Crippen LogP contribution < -0.4 is 5.32 Å². The van der Waals surface area contributed by atoms with Gasteiger partial charge in [0, 0.05) is 11.8 Å². The van der Waals surface area contributed by atoms with E-state index in [1.54, 1.807) is 52.1 Å². The molecule has 1 unspecified atom stereocenters. The van der Waals surface area contributed by atoms with Gasteiger partial charge < -0.3 is 20.3 Å². The van der Waals surface area contributed by atoms with Crippen LogP contribution in [0, 0.1) is 0 Å². The molecule has 1 heterocycles. The Hall–Kier alpha value is -3.00. The van der Waals surface area contributed by atoms with E-state index < -0.39 is 29.3 Å². The van der Waals surface area contributed by atoms with E-state index in [4.69, 9.17) is 4.74 Å². The molecule has 1 amide bonds. The maximum absolute atomic E-state index is 12.1. The molecule has 0 aliphatic heterocycles. The Balaban J connectivity index is 2.33. The first-order valence-electron chi connectivity index (χ1n) is 8.90. The Morgan fingerprint density at radius 3 is 2.29 bits per heavy atom. The molecule has 0 spiro atoms. The number of carbonyl (C=O) groups excluding carboxylic acids is 1. The highest BCUT2D eigenvalue weighted by Crippen LogP contribution is 2.30. The topological polar surface area (TPSA) is 122 Å². The standard InChI is InChI=1S/C20H25N3O5/c1-5-16(23-18(26)28-19(2,3)4)20(27,17(24)25)14-8-6-13(7-9-14)15-10-11-21-12-22-15/h6-12,16,27H,5H2,1-4H3,(H,23,26)(H,24,25)/t16?,20-/m1/s1. The molecule has 28 heavy (non-hydrogen) atoms. The van der Waals surface area contributed by atoms with Crippen molar-refractivity contribution in [2.75, 3.05) is 0 Å². The molecule has 0 radical (unpaired) electrons. The third-order valence-electron chi connectivity index (χ3n) is 4.13. The highest BCUT2D eigenvalue weighted by Gasteiger charge is 2.46. The minimum atomic E-state index is -2.32. The van der Waals surface area contributed by atoms with Crippen LogP contribution >= 0.6 is 0 Å². The summed E-state index contributed by atoms with van der Waals surface area (Å²) in [6.45, 7) is 6.76. The van der Waals surface area contributed by atoms with Gasteiger partial charge in [0.15, 0.2) is 0 Å². The summed E-state index contributed by atoms with van der Waals surface area (Å²) in [5, 5.41) is 23.3. The molecule has 150 valence electrons. The average Bonchev–Trinajstić information content (AvgIpc) is 2.64. The number of aliphatic hydroxyl groups is 1. The molecule has 3 N–H and O–H groups in total. The van der Waals surface area contributed by atoms with Crippen molar-refractivity contribution in [2.24, 2.45) is 0 Å². The number of hydrogen-bond acceptors (Lipinski definition) is 6. The summed E-state index contributed by atoms with van der Waals surface area (Å²) in [5.74, 6) is -1.47.